The van der Waals surface area contributed by atoms with Crippen LogP contribution in [-0.4, -0.2) is 5.91 Å². The highest BCUT2D eigenvalue weighted by molar-refractivity contribution is 6.35. The molecule has 0 saturated heterocycles. The smallest absolute Gasteiger partial charge is 0.291 e. The lowest BCUT2D eigenvalue weighted by Crippen LogP contribution is -2.13. The largest absolute Gasteiger partial charge is 0.449 e. The van der Waals surface area contributed by atoms with Gasteiger partial charge < -0.3 is 9.73 Å². The Morgan fingerprint density at radius 1 is 1.23 bits per heavy atom. The Bertz CT molecular complexity index is 886. The van der Waals surface area contributed by atoms with Gasteiger partial charge >= 0.3 is 0 Å². The molecule has 112 valence electrons. The van der Waals surface area contributed by atoms with Gasteiger partial charge in [-0.15, -0.1) is 0 Å². The lowest BCUT2D eigenvalue weighted by molar-refractivity contribution is 0.0997. The number of anilines is 1. The van der Waals surface area contributed by atoms with E-state index in [4.69, 9.17) is 16.0 Å². The van der Waals surface area contributed by atoms with Gasteiger partial charge in [0.25, 0.3) is 5.91 Å². The first-order chi connectivity index (χ1) is 10.5. The van der Waals surface area contributed by atoms with Gasteiger partial charge in [-0.2, -0.15) is 0 Å². The maximum atomic E-state index is 13.7. The number of nitrogens with one attached hydrogen (secondary N) is 1. The maximum Gasteiger partial charge on any atom is 0.291 e. The quantitative estimate of drug-likeness (QED) is 0.715. The number of carbonyl (C=O) groups is 1. The third-order valence-electron chi connectivity index (χ3n) is 3.49. The van der Waals surface area contributed by atoms with E-state index >= 15 is 0 Å². The summed E-state index contributed by atoms with van der Waals surface area (Å²) in [6, 6.07) is 9.82. The van der Waals surface area contributed by atoms with Crippen molar-refractivity contribution in [2.45, 2.75) is 13.8 Å². The number of fused-ring (bicyclic) bond motifs is 1. The van der Waals surface area contributed by atoms with Gasteiger partial charge in [0.1, 0.15) is 5.82 Å². The maximum absolute atomic E-state index is 13.7. The van der Waals surface area contributed by atoms with Crippen LogP contribution >= 0.6 is 11.6 Å². The first kappa shape index (κ1) is 14.6. The highest BCUT2D eigenvalue weighted by Gasteiger charge is 2.20. The summed E-state index contributed by atoms with van der Waals surface area (Å²) in [6.45, 7) is 3.59. The molecule has 0 radical (unpaired) electrons. The molecule has 0 aliphatic carbocycles. The average Bonchev–Trinajstić information content (AvgIpc) is 2.82. The predicted octanol–water partition coefficient (Wildman–Crippen LogP) is 5.09. The van der Waals surface area contributed by atoms with Crippen molar-refractivity contribution in [3.63, 3.8) is 0 Å². The van der Waals surface area contributed by atoms with E-state index in [1.165, 1.54) is 6.07 Å². The Labute approximate surface area is 131 Å². The number of aryl methyl sites for hydroxylation is 2. The standard InChI is InChI=1S/C17H13ClFNO2/c1-9-6-7-13(19)14(8-9)20-17(21)15-10(2)11-4-3-5-12(18)16(11)22-15/h3-8H,1-2H3,(H,20,21). The molecule has 0 spiro atoms. The van der Waals surface area contributed by atoms with Crippen LogP contribution in [0, 0.1) is 19.7 Å². The number of furan rings is 1. The minimum atomic E-state index is -0.505. The summed E-state index contributed by atoms with van der Waals surface area (Å²) in [5, 5.41) is 3.74. The fourth-order valence-electron chi connectivity index (χ4n) is 2.34. The normalized spacial score (nSPS) is 10.9. The summed E-state index contributed by atoms with van der Waals surface area (Å²) >= 11 is 6.07. The van der Waals surface area contributed by atoms with Crippen molar-refractivity contribution >= 4 is 34.2 Å². The van der Waals surface area contributed by atoms with Crippen molar-refractivity contribution in [2.75, 3.05) is 5.32 Å². The molecule has 5 heteroatoms. The van der Waals surface area contributed by atoms with Crippen LogP contribution in [0.5, 0.6) is 0 Å². The second-order valence-electron chi connectivity index (χ2n) is 5.11. The zero-order valence-electron chi connectivity index (χ0n) is 12.0. The highest BCUT2D eigenvalue weighted by Crippen LogP contribution is 2.31. The van der Waals surface area contributed by atoms with Gasteiger partial charge in [-0.25, -0.2) is 4.39 Å². The molecule has 3 aromatic rings. The SMILES string of the molecule is Cc1ccc(F)c(NC(=O)c2oc3c(Cl)cccc3c2C)c1. The molecule has 1 amide bonds. The van der Waals surface area contributed by atoms with Gasteiger partial charge in [-0.3, -0.25) is 4.79 Å². The van der Waals surface area contributed by atoms with Crippen LogP contribution in [0.4, 0.5) is 10.1 Å². The molecule has 0 unspecified atom stereocenters. The van der Waals surface area contributed by atoms with Crippen molar-refractivity contribution < 1.29 is 13.6 Å². The second-order valence-corrected chi connectivity index (χ2v) is 5.52. The molecule has 0 aliphatic heterocycles. The number of halogens is 2. The van der Waals surface area contributed by atoms with Gasteiger partial charge in [0, 0.05) is 10.9 Å². The molecule has 0 atom stereocenters. The number of para-hydroxylation sites is 1. The van der Waals surface area contributed by atoms with Crippen LogP contribution in [0.25, 0.3) is 11.0 Å². The summed E-state index contributed by atoms with van der Waals surface area (Å²) in [6.07, 6.45) is 0. The minimum Gasteiger partial charge on any atom is -0.449 e. The van der Waals surface area contributed by atoms with Gasteiger partial charge in [0.05, 0.1) is 10.7 Å². The van der Waals surface area contributed by atoms with E-state index in [0.717, 1.165) is 10.9 Å². The number of rotatable bonds is 2. The van der Waals surface area contributed by atoms with Gasteiger partial charge in [-0.05, 0) is 37.6 Å². The first-order valence-electron chi connectivity index (χ1n) is 6.72. The number of hydrogen-bond donors (Lipinski definition) is 1. The molecule has 3 nitrogen and oxygen atoms in total. The van der Waals surface area contributed by atoms with E-state index in [1.54, 1.807) is 31.2 Å². The lowest BCUT2D eigenvalue weighted by Gasteiger charge is -2.06. The van der Waals surface area contributed by atoms with E-state index in [2.05, 4.69) is 5.32 Å². The number of carbonyl (C=O) groups excluding carboxylic acids is 1. The zero-order valence-corrected chi connectivity index (χ0v) is 12.8. The molecular weight excluding hydrogens is 305 g/mol. The van der Waals surface area contributed by atoms with Gasteiger partial charge in [-0.1, -0.05) is 29.8 Å². The van der Waals surface area contributed by atoms with Crippen molar-refractivity contribution in [2.24, 2.45) is 0 Å². The Morgan fingerprint density at radius 2 is 2.00 bits per heavy atom. The molecule has 2 aromatic carbocycles. The van der Waals surface area contributed by atoms with E-state index in [9.17, 15) is 9.18 Å². The van der Waals surface area contributed by atoms with Crippen LogP contribution in [-0.2, 0) is 0 Å². The third-order valence-corrected chi connectivity index (χ3v) is 3.79. The Hall–Kier alpha value is -2.33. The highest BCUT2D eigenvalue weighted by atomic mass is 35.5. The van der Waals surface area contributed by atoms with E-state index < -0.39 is 11.7 Å². The van der Waals surface area contributed by atoms with Crippen LogP contribution < -0.4 is 5.32 Å². The molecule has 3 rings (SSSR count). The Balaban J connectivity index is 2.01. The van der Waals surface area contributed by atoms with Gasteiger partial charge in [0.2, 0.25) is 0 Å². The summed E-state index contributed by atoms with van der Waals surface area (Å²) in [5.41, 5.74) is 2.09. The predicted molar refractivity (Wildman–Crippen MR) is 85.1 cm³/mol. The molecule has 22 heavy (non-hydrogen) atoms. The van der Waals surface area contributed by atoms with Crippen LogP contribution in [0.1, 0.15) is 21.7 Å². The van der Waals surface area contributed by atoms with Gasteiger partial charge in [0.15, 0.2) is 11.3 Å². The van der Waals surface area contributed by atoms with Crippen molar-refractivity contribution in [3.05, 3.63) is 64.1 Å². The summed E-state index contributed by atoms with van der Waals surface area (Å²) in [4.78, 5) is 12.4. The second kappa shape index (κ2) is 5.46. The van der Waals surface area contributed by atoms with Crippen molar-refractivity contribution in [1.82, 2.24) is 0 Å². The fourth-order valence-corrected chi connectivity index (χ4v) is 2.55. The monoisotopic (exact) mass is 317 g/mol. The third kappa shape index (κ3) is 2.46. The molecule has 0 aliphatic rings. The Morgan fingerprint density at radius 3 is 2.73 bits per heavy atom. The fraction of sp³-hybridized carbons (Fsp3) is 0.118. The molecule has 1 heterocycles. The molecular formula is C17H13ClFNO2. The number of benzene rings is 2. The zero-order chi connectivity index (χ0) is 15.9. The van der Waals surface area contributed by atoms with Crippen LogP contribution in [0.15, 0.2) is 40.8 Å². The summed E-state index contributed by atoms with van der Waals surface area (Å²) in [5.74, 6) is -0.871. The van der Waals surface area contributed by atoms with E-state index in [1.807, 2.05) is 13.0 Å². The Kier molecular flexibility index (Phi) is 3.62. The number of hydrogen-bond acceptors (Lipinski definition) is 2. The minimum absolute atomic E-state index is 0.121. The van der Waals surface area contributed by atoms with Crippen molar-refractivity contribution in [3.8, 4) is 0 Å². The number of amides is 1. The van der Waals surface area contributed by atoms with Crippen molar-refractivity contribution in [1.29, 1.82) is 0 Å². The van der Waals surface area contributed by atoms with Crippen LogP contribution in [0.3, 0.4) is 0 Å². The molecule has 1 N–H and O–H groups in total. The van der Waals surface area contributed by atoms with E-state index in [0.29, 0.717) is 16.2 Å². The lowest BCUT2D eigenvalue weighted by atomic mass is 10.1. The molecule has 0 fully saturated rings. The van der Waals surface area contributed by atoms with E-state index in [-0.39, 0.29) is 11.4 Å². The molecule has 0 saturated carbocycles. The average molecular weight is 318 g/mol. The molecule has 0 bridgehead atoms. The summed E-state index contributed by atoms with van der Waals surface area (Å²) in [7, 11) is 0. The summed E-state index contributed by atoms with van der Waals surface area (Å²) < 4.78 is 19.3. The van der Waals surface area contributed by atoms with Crippen LogP contribution in [0.2, 0.25) is 5.02 Å². The first-order valence-corrected chi connectivity index (χ1v) is 7.10. The molecule has 1 aromatic heterocycles. The topological polar surface area (TPSA) is 42.2 Å².